The Kier molecular flexibility index (Phi) is 2.37. The van der Waals surface area contributed by atoms with Crippen molar-refractivity contribution in [3.63, 3.8) is 0 Å². The van der Waals surface area contributed by atoms with Gasteiger partial charge in [0.15, 0.2) is 0 Å². The topological polar surface area (TPSA) is 29.9 Å². The molecule has 1 N–H and O–H groups in total. The molecule has 3 heteroatoms. The number of nitrogens with one attached hydrogen (secondary N) is 1. The van der Waals surface area contributed by atoms with Gasteiger partial charge >= 0.3 is 0 Å². The second-order valence-corrected chi connectivity index (χ2v) is 4.35. The fourth-order valence-corrected chi connectivity index (χ4v) is 1.81. The van der Waals surface area contributed by atoms with E-state index in [1.807, 2.05) is 18.7 Å². The summed E-state index contributed by atoms with van der Waals surface area (Å²) in [7, 11) is 0. The fraction of sp³-hybridized carbons (Fsp3) is 0.308. The standard InChI is InChI=1S/C13H15N3/c1-2-11(9-16-7-6-14-10-16)8-13(3-1)15-12-4-5-12/h1-3,6-8,10,12,15H,4-5,9H2. The summed E-state index contributed by atoms with van der Waals surface area (Å²) in [6.07, 6.45) is 8.27. The first-order valence-electron chi connectivity index (χ1n) is 5.71. The highest BCUT2D eigenvalue weighted by molar-refractivity contribution is 5.47. The maximum absolute atomic E-state index is 4.05. The van der Waals surface area contributed by atoms with Crippen LogP contribution in [0, 0.1) is 0 Å². The van der Waals surface area contributed by atoms with E-state index in [1.54, 1.807) is 0 Å². The van der Waals surface area contributed by atoms with Crippen LogP contribution in [0.4, 0.5) is 5.69 Å². The van der Waals surface area contributed by atoms with Crippen molar-refractivity contribution in [2.75, 3.05) is 5.32 Å². The molecule has 16 heavy (non-hydrogen) atoms. The Labute approximate surface area is 95.1 Å². The monoisotopic (exact) mass is 213 g/mol. The van der Waals surface area contributed by atoms with Gasteiger partial charge in [0.25, 0.3) is 0 Å². The summed E-state index contributed by atoms with van der Waals surface area (Å²) in [5, 5.41) is 3.51. The van der Waals surface area contributed by atoms with Crippen molar-refractivity contribution >= 4 is 5.69 Å². The smallest absolute Gasteiger partial charge is 0.0949 e. The van der Waals surface area contributed by atoms with Gasteiger partial charge in [0, 0.05) is 30.7 Å². The molecule has 1 fully saturated rings. The van der Waals surface area contributed by atoms with Crippen molar-refractivity contribution < 1.29 is 0 Å². The lowest BCUT2D eigenvalue weighted by atomic mass is 10.2. The molecule has 0 aliphatic heterocycles. The maximum atomic E-state index is 4.05. The molecule has 2 aromatic rings. The quantitative estimate of drug-likeness (QED) is 0.845. The molecule has 3 nitrogen and oxygen atoms in total. The molecule has 3 rings (SSSR count). The van der Waals surface area contributed by atoms with Crippen LogP contribution in [0.1, 0.15) is 18.4 Å². The number of hydrogen-bond donors (Lipinski definition) is 1. The Bertz CT molecular complexity index is 458. The Balaban J connectivity index is 1.73. The van der Waals surface area contributed by atoms with Crippen LogP contribution < -0.4 is 5.32 Å². The summed E-state index contributed by atoms with van der Waals surface area (Å²) in [5.41, 5.74) is 2.55. The van der Waals surface area contributed by atoms with Gasteiger partial charge < -0.3 is 9.88 Å². The van der Waals surface area contributed by atoms with E-state index in [0.717, 1.165) is 6.54 Å². The number of nitrogens with zero attached hydrogens (tertiary/aromatic N) is 2. The number of benzene rings is 1. The third kappa shape index (κ3) is 2.24. The molecule has 0 spiro atoms. The average Bonchev–Trinajstić information content (AvgIpc) is 2.94. The highest BCUT2D eigenvalue weighted by Crippen LogP contribution is 2.25. The third-order valence-corrected chi connectivity index (χ3v) is 2.80. The molecule has 0 atom stereocenters. The lowest BCUT2D eigenvalue weighted by Gasteiger charge is -2.07. The molecular formula is C13H15N3. The lowest BCUT2D eigenvalue weighted by molar-refractivity contribution is 0.797. The maximum Gasteiger partial charge on any atom is 0.0949 e. The number of aromatic nitrogens is 2. The van der Waals surface area contributed by atoms with Crippen LogP contribution in [0.2, 0.25) is 0 Å². The minimum Gasteiger partial charge on any atom is -0.382 e. The highest BCUT2D eigenvalue weighted by atomic mass is 15.0. The molecule has 1 saturated carbocycles. The zero-order valence-corrected chi connectivity index (χ0v) is 9.13. The molecule has 1 aromatic heterocycles. The van der Waals surface area contributed by atoms with E-state index in [4.69, 9.17) is 0 Å². The van der Waals surface area contributed by atoms with Gasteiger partial charge in [-0.05, 0) is 30.5 Å². The fourth-order valence-electron chi connectivity index (χ4n) is 1.81. The summed E-state index contributed by atoms with van der Waals surface area (Å²) in [4.78, 5) is 4.05. The summed E-state index contributed by atoms with van der Waals surface area (Å²) in [6.45, 7) is 0.889. The lowest BCUT2D eigenvalue weighted by Crippen LogP contribution is -2.02. The van der Waals surface area contributed by atoms with Gasteiger partial charge in [-0.2, -0.15) is 0 Å². The molecular weight excluding hydrogens is 198 g/mol. The van der Waals surface area contributed by atoms with Crippen LogP contribution in [0.25, 0.3) is 0 Å². The molecule has 1 aliphatic carbocycles. The largest absolute Gasteiger partial charge is 0.382 e. The number of anilines is 1. The SMILES string of the molecule is c1cc(Cn2ccnc2)cc(NC2CC2)c1. The van der Waals surface area contributed by atoms with E-state index in [9.17, 15) is 0 Å². The van der Waals surface area contributed by atoms with E-state index in [0.29, 0.717) is 6.04 Å². The zero-order valence-electron chi connectivity index (χ0n) is 9.13. The summed E-state index contributed by atoms with van der Waals surface area (Å²) in [5.74, 6) is 0. The number of imidazole rings is 1. The van der Waals surface area contributed by atoms with E-state index in [1.165, 1.54) is 24.1 Å². The third-order valence-electron chi connectivity index (χ3n) is 2.80. The van der Waals surface area contributed by atoms with Crippen LogP contribution in [0.3, 0.4) is 0 Å². The van der Waals surface area contributed by atoms with Gasteiger partial charge in [0.05, 0.1) is 6.33 Å². The van der Waals surface area contributed by atoms with E-state index < -0.39 is 0 Å². The first kappa shape index (κ1) is 9.46. The minimum absolute atomic E-state index is 0.712. The van der Waals surface area contributed by atoms with Gasteiger partial charge in [-0.25, -0.2) is 4.98 Å². The molecule has 0 saturated heterocycles. The van der Waals surface area contributed by atoms with Gasteiger partial charge in [-0.3, -0.25) is 0 Å². The van der Waals surface area contributed by atoms with E-state index in [2.05, 4.69) is 39.1 Å². The molecule has 1 aromatic carbocycles. The Morgan fingerprint density at radius 2 is 2.31 bits per heavy atom. The summed E-state index contributed by atoms with van der Waals surface area (Å²) in [6, 6.07) is 9.33. The zero-order chi connectivity index (χ0) is 10.8. The van der Waals surface area contributed by atoms with E-state index in [-0.39, 0.29) is 0 Å². The molecule has 0 amide bonds. The van der Waals surface area contributed by atoms with Crippen molar-refractivity contribution in [2.24, 2.45) is 0 Å². The van der Waals surface area contributed by atoms with Crippen molar-refractivity contribution in [3.8, 4) is 0 Å². The Morgan fingerprint density at radius 1 is 1.38 bits per heavy atom. The van der Waals surface area contributed by atoms with Crippen molar-refractivity contribution in [2.45, 2.75) is 25.4 Å². The van der Waals surface area contributed by atoms with Gasteiger partial charge in [0.2, 0.25) is 0 Å². The molecule has 0 radical (unpaired) electrons. The number of hydrogen-bond acceptors (Lipinski definition) is 2. The molecule has 82 valence electrons. The molecule has 1 heterocycles. The van der Waals surface area contributed by atoms with Gasteiger partial charge in [0.1, 0.15) is 0 Å². The summed E-state index contributed by atoms with van der Waals surface area (Å²) >= 11 is 0. The van der Waals surface area contributed by atoms with Crippen LogP contribution >= 0.6 is 0 Å². The van der Waals surface area contributed by atoms with Gasteiger partial charge in [-0.15, -0.1) is 0 Å². The van der Waals surface area contributed by atoms with Gasteiger partial charge in [-0.1, -0.05) is 12.1 Å². The molecule has 1 aliphatic rings. The average molecular weight is 213 g/mol. The Morgan fingerprint density at radius 3 is 3.06 bits per heavy atom. The Hall–Kier alpha value is -1.77. The first-order chi connectivity index (χ1) is 7.90. The van der Waals surface area contributed by atoms with E-state index >= 15 is 0 Å². The second-order valence-electron chi connectivity index (χ2n) is 4.35. The highest BCUT2D eigenvalue weighted by Gasteiger charge is 2.20. The number of rotatable bonds is 4. The molecule has 0 unspecified atom stereocenters. The predicted molar refractivity (Wildman–Crippen MR) is 64.4 cm³/mol. The van der Waals surface area contributed by atoms with Crippen molar-refractivity contribution in [1.29, 1.82) is 0 Å². The minimum atomic E-state index is 0.712. The normalized spacial score (nSPS) is 15.0. The van der Waals surface area contributed by atoms with Crippen LogP contribution in [0.15, 0.2) is 43.0 Å². The van der Waals surface area contributed by atoms with Crippen LogP contribution in [-0.2, 0) is 6.54 Å². The van der Waals surface area contributed by atoms with Crippen molar-refractivity contribution in [1.82, 2.24) is 9.55 Å². The van der Waals surface area contributed by atoms with Crippen LogP contribution in [0.5, 0.6) is 0 Å². The van der Waals surface area contributed by atoms with Crippen molar-refractivity contribution in [3.05, 3.63) is 48.5 Å². The predicted octanol–water partition coefficient (Wildman–Crippen LogP) is 2.51. The van der Waals surface area contributed by atoms with Crippen LogP contribution in [-0.4, -0.2) is 15.6 Å². The second kappa shape index (κ2) is 4.00. The summed E-state index contributed by atoms with van der Waals surface area (Å²) < 4.78 is 2.08. The molecule has 0 bridgehead atoms. The first-order valence-corrected chi connectivity index (χ1v) is 5.71.